The van der Waals surface area contributed by atoms with Gasteiger partial charge in [0.05, 0.1) is 5.56 Å². The number of nitrogens with zero attached hydrogens (tertiary/aromatic N) is 1. The summed E-state index contributed by atoms with van der Waals surface area (Å²) in [6.07, 6.45) is 3.15. The van der Waals surface area contributed by atoms with Gasteiger partial charge in [-0.05, 0) is 36.6 Å². The lowest BCUT2D eigenvalue weighted by Gasteiger charge is -2.16. The molecule has 0 unspecified atom stereocenters. The van der Waals surface area contributed by atoms with Crippen molar-refractivity contribution in [3.05, 3.63) is 23.8 Å². The standard InChI is InChI=1S/C13H21N3OS/c1-16(2)13(17)11-6-5-10(14)9-12(11)15-7-4-8-18-3/h5-6,9,15H,4,7-8,14H2,1-3H3. The minimum Gasteiger partial charge on any atom is -0.399 e. The highest BCUT2D eigenvalue weighted by Crippen LogP contribution is 2.20. The fourth-order valence-electron chi connectivity index (χ4n) is 1.58. The van der Waals surface area contributed by atoms with Gasteiger partial charge in [-0.1, -0.05) is 0 Å². The van der Waals surface area contributed by atoms with Crippen molar-refractivity contribution in [2.45, 2.75) is 6.42 Å². The molecule has 0 aliphatic heterocycles. The van der Waals surface area contributed by atoms with E-state index in [4.69, 9.17) is 5.73 Å². The molecule has 0 saturated heterocycles. The molecule has 18 heavy (non-hydrogen) atoms. The number of amides is 1. The Morgan fingerprint density at radius 2 is 2.17 bits per heavy atom. The minimum atomic E-state index is -0.0117. The van der Waals surface area contributed by atoms with E-state index < -0.39 is 0 Å². The van der Waals surface area contributed by atoms with E-state index in [-0.39, 0.29) is 5.91 Å². The van der Waals surface area contributed by atoms with E-state index in [1.165, 1.54) is 0 Å². The Hall–Kier alpha value is -1.36. The summed E-state index contributed by atoms with van der Waals surface area (Å²) in [6.45, 7) is 0.845. The molecule has 0 fully saturated rings. The molecular weight excluding hydrogens is 246 g/mol. The summed E-state index contributed by atoms with van der Waals surface area (Å²) < 4.78 is 0. The summed E-state index contributed by atoms with van der Waals surface area (Å²) in [7, 11) is 3.49. The zero-order chi connectivity index (χ0) is 13.5. The summed E-state index contributed by atoms with van der Waals surface area (Å²) in [6, 6.07) is 5.34. The molecule has 1 amide bonds. The number of carbonyl (C=O) groups excluding carboxylic acids is 1. The number of rotatable bonds is 6. The van der Waals surface area contributed by atoms with Crippen LogP contribution in [-0.4, -0.2) is 43.5 Å². The Morgan fingerprint density at radius 3 is 2.78 bits per heavy atom. The average molecular weight is 267 g/mol. The largest absolute Gasteiger partial charge is 0.399 e. The summed E-state index contributed by atoms with van der Waals surface area (Å²) in [5, 5.41) is 3.28. The van der Waals surface area contributed by atoms with Crippen molar-refractivity contribution in [1.82, 2.24) is 4.90 Å². The maximum absolute atomic E-state index is 12.0. The van der Waals surface area contributed by atoms with Gasteiger partial charge in [-0.15, -0.1) is 0 Å². The van der Waals surface area contributed by atoms with Gasteiger partial charge in [0, 0.05) is 32.0 Å². The number of anilines is 2. The molecule has 5 heteroatoms. The van der Waals surface area contributed by atoms with Crippen LogP contribution in [0.1, 0.15) is 16.8 Å². The number of nitrogens with one attached hydrogen (secondary N) is 1. The number of carbonyl (C=O) groups is 1. The van der Waals surface area contributed by atoms with E-state index in [0.717, 1.165) is 24.4 Å². The zero-order valence-corrected chi connectivity index (χ0v) is 12.0. The highest BCUT2D eigenvalue weighted by atomic mass is 32.2. The highest BCUT2D eigenvalue weighted by molar-refractivity contribution is 7.98. The van der Waals surface area contributed by atoms with Crippen LogP contribution in [0.4, 0.5) is 11.4 Å². The molecular formula is C13H21N3OS. The monoisotopic (exact) mass is 267 g/mol. The van der Waals surface area contributed by atoms with Crippen LogP contribution in [0.15, 0.2) is 18.2 Å². The number of benzene rings is 1. The van der Waals surface area contributed by atoms with Crippen molar-refractivity contribution in [3.63, 3.8) is 0 Å². The first kappa shape index (κ1) is 14.7. The van der Waals surface area contributed by atoms with Gasteiger partial charge < -0.3 is 16.0 Å². The second kappa shape index (κ2) is 7.16. The number of thioether (sulfide) groups is 1. The molecule has 100 valence electrons. The van der Waals surface area contributed by atoms with Crippen LogP contribution in [-0.2, 0) is 0 Å². The van der Waals surface area contributed by atoms with Crippen LogP contribution < -0.4 is 11.1 Å². The Labute approximate surface area is 113 Å². The summed E-state index contributed by atoms with van der Waals surface area (Å²) in [4.78, 5) is 13.6. The third kappa shape index (κ3) is 4.14. The van der Waals surface area contributed by atoms with E-state index in [9.17, 15) is 4.79 Å². The van der Waals surface area contributed by atoms with E-state index in [1.807, 2.05) is 17.8 Å². The molecule has 1 rings (SSSR count). The van der Waals surface area contributed by atoms with Crippen molar-refractivity contribution in [3.8, 4) is 0 Å². The lowest BCUT2D eigenvalue weighted by Crippen LogP contribution is -2.23. The van der Waals surface area contributed by atoms with Crippen LogP contribution >= 0.6 is 11.8 Å². The average Bonchev–Trinajstić information content (AvgIpc) is 2.34. The first-order chi connectivity index (χ1) is 8.56. The quantitative estimate of drug-likeness (QED) is 0.612. The number of hydrogen-bond acceptors (Lipinski definition) is 4. The van der Waals surface area contributed by atoms with Crippen LogP contribution in [0, 0.1) is 0 Å². The Bertz CT molecular complexity index is 407. The normalized spacial score (nSPS) is 10.2. The molecule has 0 aliphatic rings. The van der Waals surface area contributed by atoms with E-state index in [2.05, 4.69) is 11.6 Å². The fourth-order valence-corrected chi connectivity index (χ4v) is 2.01. The SMILES string of the molecule is CSCCCNc1cc(N)ccc1C(=O)N(C)C. The van der Waals surface area contributed by atoms with Crippen LogP contribution in [0.2, 0.25) is 0 Å². The van der Waals surface area contributed by atoms with E-state index >= 15 is 0 Å². The van der Waals surface area contributed by atoms with Crippen LogP contribution in [0.3, 0.4) is 0 Å². The fraction of sp³-hybridized carbons (Fsp3) is 0.462. The Balaban J connectivity index is 2.80. The van der Waals surface area contributed by atoms with Gasteiger partial charge in [0.2, 0.25) is 0 Å². The Kier molecular flexibility index (Phi) is 5.85. The molecule has 0 radical (unpaired) electrons. The van der Waals surface area contributed by atoms with Crippen molar-refractivity contribution < 1.29 is 4.79 Å². The number of nitrogen functional groups attached to an aromatic ring is 1. The molecule has 0 atom stereocenters. The van der Waals surface area contributed by atoms with E-state index in [1.54, 1.807) is 31.1 Å². The smallest absolute Gasteiger partial charge is 0.255 e. The number of nitrogens with two attached hydrogens (primary N) is 1. The lowest BCUT2D eigenvalue weighted by molar-refractivity contribution is 0.0828. The molecule has 3 N–H and O–H groups in total. The third-order valence-corrected chi connectivity index (χ3v) is 3.22. The third-order valence-electron chi connectivity index (χ3n) is 2.52. The summed E-state index contributed by atoms with van der Waals surface area (Å²) >= 11 is 1.82. The van der Waals surface area contributed by atoms with Crippen molar-refractivity contribution >= 4 is 29.0 Å². The topological polar surface area (TPSA) is 58.4 Å². The van der Waals surface area contributed by atoms with Crippen LogP contribution in [0.25, 0.3) is 0 Å². The number of hydrogen-bond donors (Lipinski definition) is 2. The first-order valence-corrected chi connectivity index (χ1v) is 7.29. The molecule has 0 spiro atoms. The molecule has 1 aromatic carbocycles. The molecule has 0 aliphatic carbocycles. The predicted molar refractivity (Wildman–Crippen MR) is 80.4 cm³/mol. The molecule has 0 bridgehead atoms. The van der Waals surface area contributed by atoms with Gasteiger partial charge in [-0.2, -0.15) is 11.8 Å². The van der Waals surface area contributed by atoms with Gasteiger partial charge in [0.25, 0.3) is 5.91 Å². The van der Waals surface area contributed by atoms with Gasteiger partial charge in [0.15, 0.2) is 0 Å². The van der Waals surface area contributed by atoms with Gasteiger partial charge in [0.1, 0.15) is 0 Å². The van der Waals surface area contributed by atoms with Crippen molar-refractivity contribution in [2.75, 3.05) is 43.7 Å². The lowest BCUT2D eigenvalue weighted by atomic mass is 10.1. The molecule has 1 aromatic rings. The second-order valence-corrected chi connectivity index (χ2v) is 5.26. The molecule has 0 heterocycles. The molecule has 4 nitrogen and oxygen atoms in total. The minimum absolute atomic E-state index is 0.0117. The first-order valence-electron chi connectivity index (χ1n) is 5.90. The maximum atomic E-state index is 12.0. The molecule has 0 aromatic heterocycles. The van der Waals surface area contributed by atoms with Gasteiger partial charge >= 0.3 is 0 Å². The van der Waals surface area contributed by atoms with Gasteiger partial charge in [-0.25, -0.2) is 0 Å². The second-order valence-electron chi connectivity index (χ2n) is 4.28. The zero-order valence-electron chi connectivity index (χ0n) is 11.2. The summed E-state index contributed by atoms with van der Waals surface area (Å²) in [5.41, 5.74) is 7.91. The van der Waals surface area contributed by atoms with Crippen molar-refractivity contribution in [1.29, 1.82) is 0 Å². The van der Waals surface area contributed by atoms with E-state index in [0.29, 0.717) is 11.3 Å². The Morgan fingerprint density at radius 1 is 1.44 bits per heavy atom. The van der Waals surface area contributed by atoms with Crippen molar-refractivity contribution in [2.24, 2.45) is 0 Å². The molecule has 0 saturated carbocycles. The summed E-state index contributed by atoms with van der Waals surface area (Å²) in [5.74, 6) is 1.09. The predicted octanol–water partition coefficient (Wildman–Crippen LogP) is 2.14. The van der Waals surface area contributed by atoms with Crippen LogP contribution in [0.5, 0.6) is 0 Å². The highest BCUT2D eigenvalue weighted by Gasteiger charge is 2.13. The maximum Gasteiger partial charge on any atom is 0.255 e. The van der Waals surface area contributed by atoms with Gasteiger partial charge in [-0.3, -0.25) is 4.79 Å².